The Bertz CT molecular complexity index is 791. The fourth-order valence-electron chi connectivity index (χ4n) is 2.99. The summed E-state index contributed by atoms with van der Waals surface area (Å²) in [5.41, 5.74) is 2.83. The molecule has 3 aromatic rings. The molecule has 0 amide bonds. The van der Waals surface area contributed by atoms with E-state index in [-0.39, 0.29) is 0 Å². The molecule has 1 unspecified atom stereocenters. The average Bonchev–Trinajstić information content (AvgIpc) is 2.96. The summed E-state index contributed by atoms with van der Waals surface area (Å²) in [5.74, 6) is 1.33. The quantitative estimate of drug-likeness (QED) is 0.718. The van der Waals surface area contributed by atoms with Crippen LogP contribution in [-0.4, -0.2) is 27.7 Å². The van der Waals surface area contributed by atoms with Crippen molar-refractivity contribution >= 4 is 22.8 Å². The van der Waals surface area contributed by atoms with Crippen LogP contribution in [0.15, 0.2) is 42.6 Å². The maximum atomic E-state index is 6.02. The molecule has 4 rings (SSSR count). The molecule has 0 aliphatic carbocycles. The van der Waals surface area contributed by atoms with E-state index in [1.54, 1.807) is 6.20 Å². The van der Waals surface area contributed by atoms with Gasteiger partial charge in [0.2, 0.25) is 0 Å². The Labute approximate surface area is 133 Å². The van der Waals surface area contributed by atoms with E-state index in [0.717, 1.165) is 53.8 Å². The minimum Gasteiger partial charge on any atom is -0.381 e. The van der Waals surface area contributed by atoms with E-state index in [1.165, 1.54) is 0 Å². The Hall–Kier alpha value is -1.91. The number of benzene rings is 1. The van der Waals surface area contributed by atoms with Gasteiger partial charge in [0.15, 0.2) is 5.65 Å². The Morgan fingerprint density at radius 2 is 2.05 bits per heavy atom. The van der Waals surface area contributed by atoms with Crippen LogP contribution in [0.4, 0.5) is 0 Å². The van der Waals surface area contributed by atoms with Crippen molar-refractivity contribution in [3.05, 3.63) is 53.4 Å². The molecule has 0 N–H and O–H groups in total. The monoisotopic (exact) mass is 313 g/mol. The average molecular weight is 314 g/mol. The summed E-state index contributed by atoms with van der Waals surface area (Å²) in [6.45, 7) is 1.56. The summed E-state index contributed by atoms with van der Waals surface area (Å²) in [5, 5.41) is 0.726. The highest BCUT2D eigenvalue weighted by Gasteiger charge is 2.24. The first-order chi connectivity index (χ1) is 10.8. The maximum Gasteiger partial charge on any atom is 0.164 e. The Balaban J connectivity index is 1.91. The van der Waals surface area contributed by atoms with Gasteiger partial charge >= 0.3 is 0 Å². The molecule has 1 fully saturated rings. The third-order valence-corrected chi connectivity index (χ3v) is 4.30. The van der Waals surface area contributed by atoms with E-state index in [1.807, 2.05) is 36.4 Å². The second-order valence-electron chi connectivity index (χ2n) is 5.54. The van der Waals surface area contributed by atoms with Crippen molar-refractivity contribution in [2.45, 2.75) is 18.8 Å². The molecule has 1 atom stereocenters. The number of hydrogen-bond donors (Lipinski definition) is 0. The van der Waals surface area contributed by atoms with E-state index in [9.17, 15) is 0 Å². The molecule has 2 aromatic heterocycles. The van der Waals surface area contributed by atoms with Crippen LogP contribution in [0.2, 0.25) is 5.02 Å². The highest BCUT2D eigenvalue weighted by atomic mass is 35.5. The van der Waals surface area contributed by atoms with Gasteiger partial charge in [-0.15, -0.1) is 0 Å². The second kappa shape index (κ2) is 5.71. The molecule has 0 radical (unpaired) electrons. The lowest BCUT2D eigenvalue weighted by atomic mass is 10.0. The zero-order valence-corrected chi connectivity index (χ0v) is 12.8. The van der Waals surface area contributed by atoms with Gasteiger partial charge in [-0.2, -0.15) is 0 Å². The first kappa shape index (κ1) is 13.7. The highest BCUT2D eigenvalue weighted by Crippen LogP contribution is 2.30. The van der Waals surface area contributed by atoms with E-state index in [4.69, 9.17) is 21.3 Å². The zero-order chi connectivity index (χ0) is 14.9. The second-order valence-corrected chi connectivity index (χ2v) is 5.98. The van der Waals surface area contributed by atoms with Crippen molar-refractivity contribution in [3.63, 3.8) is 0 Å². The van der Waals surface area contributed by atoms with Gasteiger partial charge < -0.3 is 4.74 Å². The molecule has 1 saturated heterocycles. The minimum atomic E-state index is 0.304. The molecular weight excluding hydrogens is 298 g/mol. The van der Waals surface area contributed by atoms with Crippen LogP contribution in [0.25, 0.3) is 16.9 Å². The SMILES string of the molecule is Clc1ccc(-n2c(C3CCCOC3)nc3cccnc32)cc1. The summed E-state index contributed by atoms with van der Waals surface area (Å²) in [4.78, 5) is 9.34. The number of hydrogen-bond acceptors (Lipinski definition) is 3. The van der Waals surface area contributed by atoms with Crippen LogP contribution in [0.5, 0.6) is 0 Å². The molecule has 3 heterocycles. The first-order valence-corrected chi connectivity index (χ1v) is 7.88. The molecule has 0 spiro atoms. The minimum absolute atomic E-state index is 0.304. The van der Waals surface area contributed by atoms with Crippen molar-refractivity contribution in [2.24, 2.45) is 0 Å². The third-order valence-electron chi connectivity index (χ3n) is 4.05. The van der Waals surface area contributed by atoms with Crippen molar-refractivity contribution in [1.29, 1.82) is 0 Å². The molecule has 4 nitrogen and oxygen atoms in total. The standard InChI is InChI=1S/C17H16ClN3O/c18-13-5-7-14(8-6-13)21-16(12-3-2-10-22-11-12)20-15-4-1-9-19-17(15)21/h1,4-9,12H,2-3,10-11H2. The van der Waals surface area contributed by atoms with Gasteiger partial charge in [-0.05, 0) is 49.2 Å². The molecule has 1 aromatic carbocycles. The van der Waals surface area contributed by atoms with Gasteiger partial charge in [0, 0.05) is 29.4 Å². The molecule has 5 heteroatoms. The number of aromatic nitrogens is 3. The van der Waals surface area contributed by atoms with Crippen LogP contribution < -0.4 is 0 Å². The van der Waals surface area contributed by atoms with Crippen molar-refractivity contribution < 1.29 is 4.74 Å². The number of ether oxygens (including phenoxy) is 1. The third kappa shape index (κ3) is 2.38. The van der Waals surface area contributed by atoms with Crippen LogP contribution in [0, 0.1) is 0 Å². The summed E-state index contributed by atoms with van der Waals surface area (Å²) in [7, 11) is 0. The number of pyridine rings is 1. The van der Waals surface area contributed by atoms with Gasteiger partial charge in [0.1, 0.15) is 11.3 Å². The number of imidazole rings is 1. The number of rotatable bonds is 2. The summed E-state index contributed by atoms with van der Waals surface area (Å²) in [6.07, 6.45) is 3.97. The van der Waals surface area contributed by atoms with Gasteiger partial charge in [-0.1, -0.05) is 11.6 Å². The molecule has 0 bridgehead atoms. The lowest BCUT2D eigenvalue weighted by molar-refractivity contribution is 0.0778. The van der Waals surface area contributed by atoms with Gasteiger partial charge in [0.05, 0.1) is 6.61 Å². The van der Waals surface area contributed by atoms with Crippen molar-refractivity contribution in [3.8, 4) is 5.69 Å². The maximum absolute atomic E-state index is 6.02. The smallest absolute Gasteiger partial charge is 0.164 e. The normalized spacial score (nSPS) is 18.7. The molecule has 112 valence electrons. The fourth-order valence-corrected chi connectivity index (χ4v) is 3.12. The summed E-state index contributed by atoms with van der Waals surface area (Å²) < 4.78 is 7.78. The van der Waals surface area contributed by atoms with Crippen LogP contribution in [0.1, 0.15) is 24.6 Å². The molecule has 22 heavy (non-hydrogen) atoms. The van der Waals surface area contributed by atoms with Crippen LogP contribution in [-0.2, 0) is 4.74 Å². The van der Waals surface area contributed by atoms with E-state index >= 15 is 0 Å². The van der Waals surface area contributed by atoms with Crippen LogP contribution in [0.3, 0.4) is 0 Å². The van der Waals surface area contributed by atoms with Crippen LogP contribution >= 0.6 is 11.6 Å². The summed E-state index contributed by atoms with van der Waals surface area (Å²) in [6, 6.07) is 11.7. The van der Waals surface area contributed by atoms with Crippen molar-refractivity contribution in [2.75, 3.05) is 13.2 Å². The predicted octanol–water partition coefficient (Wildman–Crippen LogP) is 3.97. The molecular formula is C17H16ClN3O. The number of fused-ring (bicyclic) bond motifs is 1. The lowest BCUT2D eigenvalue weighted by Gasteiger charge is -2.22. The fraction of sp³-hybridized carbons (Fsp3) is 0.294. The van der Waals surface area contributed by atoms with E-state index in [2.05, 4.69) is 9.55 Å². The lowest BCUT2D eigenvalue weighted by Crippen LogP contribution is -2.19. The highest BCUT2D eigenvalue weighted by molar-refractivity contribution is 6.30. The Morgan fingerprint density at radius 1 is 1.18 bits per heavy atom. The van der Waals surface area contributed by atoms with Gasteiger partial charge in [0.25, 0.3) is 0 Å². The van der Waals surface area contributed by atoms with E-state index < -0.39 is 0 Å². The van der Waals surface area contributed by atoms with Gasteiger partial charge in [-0.3, -0.25) is 4.57 Å². The number of halogens is 1. The molecule has 1 aliphatic heterocycles. The Morgan fingerprint density at radius 3 is 2.82 bits per heavy atom. The topological polar surface area (TPSA) is 39.9 Å². The van der Waals surface area contributed by atoms with E-state index in [0.29, 0.717) is 5.92 Å². The zero-order valence-electron chi connectivity index (χ0n) is 12.1. The predicted molar refractivity (Wildman–Crippen MR) is 86.7 cm³/mol. The molecule has 1 aliphatic rings. The van der Waals surface area contributed by atoms with Gasteiger partial charge in [-0.25, -0.2) is 9.97 Å². The number of nitrogens with zero attached hydrogens (tertiary/aromatic N) is 3. The van der Waals surface area contributed by atoms with Crippen molar-refractivity contribution in [1.82, 2.24) is 14.5 Å². The largest absolute Gasteiger partial charge is 0.381 e. The Kier molecular flexibility index (Phi) is 3.56. The summed E-state index contributed by atoms with van der Waals surface area (Å²) >= 11 is 6.02. The molecule has 0 saturated carbocycles. The first-order valence-electron chi connectivity index (χ1n) is 7.50.